The van der Waals surface area contributed by atoms with Gasteiger partial charge < -0.3 is 21.4 Å². The highest BCUT2D eigenvalue weighted by Crippen LogP contribution is 2.20. The van der Waals surface area contributed by atoms with E-state index >= 15 is 0 Å². The number of nitrogens with one attached hydrogen (secondary N) is 3. The van der Waals surface area contributed by atoms with Gasteiger partial charge in [-0.3, -0.25) is 14.4 Å². The highest BCUT2D eigenvalue weighted by molar-refractivity contribution is 5.93. The van der Waals surface area contributed by atoms with Crippen molar-refractivity contribution in [1.82, 2.24) is 15.6 Å². The molecule has 2 atom stereocenters. The second-order valence-corrected chi connectivity index (χ2v) is 8.06. The molecule has 1 aromatic heterocycles. The Morgan fingerprint density at radius 2 is 1.76 bits per heavy atom. The minimum Gasteiger partial charge on any atom is -0.370 e. The average molecular weight is 401 g/mol. The van der Waals surface area contributed by atoms with Crippen LogP contribution >= 0.6 is 0 Å². The second-order valence-electron chi connectivity index (χ2n) is 8.06. The number of para-hydroxylation sites is 1. The largest absolute Gasteiger partial charge is 0.370 e. The van der Waals surface area contributed by atoms with Crippen molar-refractivity contribution in [2.75, 3.05) is 0 Å². The third-order valence-corrected chi connectivity index (χ3v) is 4.86. The van der Waals surface area contributed by atoms with Crippen LogP contribution in [0.15, 0.2) is 30.5 Å². The first-order chi connectivity index (χ1) is 13.7. The van der Waals surface area contributed by atoms with Crippen LogP contribution in [-0.2, 0) is 20.8 Å². The van der Waals surface area contributed by atoms with Gasteiger partial charge in [-0.25, -0.2) is 0 Å². The summed E-state index contributed by atoms with van der Waals surface area (Å²) >= 11 is 0. The normalized spacial score (nSPS) is 13.6. The number of H-pyrrole nitrogens is 1. The van der Waals surface area contributed by atoms with Crippen molar-refractivity contribution >= 4 is 28.5 Å². The summed E-state index contributed by atoms with van der Waals surface area (Å²) in [6.07, 6.45) is 2.67. The Labute approximate surface area is 171 Å². The topological polar surface area (TPSA) is 117 Å². The minimum absolute atomic E-state index is 0.0261. The van der Waals surface area contributed by atoms with Gasteiger partial charge in [-0.05, 0) is 18.1 Å². The third kappa shape index (κ3) is 6.42. The summed E-state index contributed by atoms with van der Waals surface area (Å²) in [4.78, 5) is 40.1. The van der Waals surface area contributed by atoms with Crippen LogP contribution in [0.2, 0.25) is 0 Å². The molecule has 0 aliphatic heterocycles. The number of carbonyl (C=O) groups excluding carboxylic acids is 3. The van der Waals surface area contributed by atoms with E-state index in [9.17, 15) is 14.4 Å². The predicted molar refractivity (Wildman–Crippen MR) is 114 cm³/mol. The molecule has 7 heteroatoms. The van der Waals surface area contributed by atoms with Gasteiger partial charge in [0.15, 0.2) is 5.78 Å². The number of amides is 2. The number of primary amides is 1. The molecule has 0 radical (unpaired) electrons. The summed E-state index contributed by atoms with van der Waals surface area (Å²) in [5.41, 5.74) is 7.22. The quantitative estimate of drug-likeness (QED) is 0.462. The van der Waals surface area contributed by atoms with Crippen molar-refractivity contribution in [2.45, 2.75) is 65.1 Å². The monoisotopic (exact) mass is 400 g/mol. The van der Waals surface area contributed by atoms with E-state index in [0.29, 0.717) is 6.42 Å². The molecule has 0 unspecified atom stereocenters. The number of ketones is 1. The van der Waals surface area contributed by atoms with E-state index in [0.717, 1.165) is 16.5 Å². The highest BCUT2D eigenvalue weighted by atomic mass is 16.2. The number of nitrogens with two attached hydrogens (primary N) is 1. The van der Waals surface area contributed by atoms with E-state index < -0.39 is 18.0 Å². The molecule has 2 amide bonds. The lowest BCUT2D eigenvalue weighted by Crippen LogP contribution is -2.53. The van der Waals surface area contributed by atoms with E-state index in [2.05, 4.69) is 15.6 Å². The van der Waals surface area contributed by atoms with Crippen LogP contribution in [0.3, 0.4) is 0 Å². The summed E-state index contributed by atoms with van der Waals surface area (Å²) in [5, 5.41) is 7.11. The van der Waals surface area contributed by atoms with Gasteiger partial charge in [0, 0.05) is 41.9 Å². The fraction of sp³-hybridized carbons (Fsp3) is 0.500. The molecule has 2 aromatic rings. The van der Waals surface area contributed by atoms with Gasteiger partial charge in [-0.2, -0.15) is 0 Å². The fourth-order valence-corrected chi connectivity index (χ4v) is 3.40. The van der Waals surface area contributed by atoms with Crippen LogP contribution < -0.4 is 16.4 Å². The van der Waals surface area contributed by atoms with E-state index in [4.69, 9.17) is 5.73 Å². The van der Waals surface area contributed by atoms with Gasteiger partial charge in [-0.15, -0.1) is 0 Å². The number of benzene rings is 1. The number of rotatable bonds is 11. The SMILES string of the molecule is CC(C)N[C@@H](CCC(N)=O)C(=O)N[C@@H](Cc1c[nH]c2ccccc12)C(=O)C(C)C. The zero-order chi connectivity index (χ0) is 21.6. The van der Waals surface area contributed by atoms with E-state index in [1.807, 2.05) is 58.2 Å². The van der Waals surface area contributed by atoms with E-state index in [-0.39, 0.29) is 36.5 Å². The van der Waals surface area contributed by atoms with Crippen molar-refractivity contribution in [3.63, 3.8) is 0 Å². The number of hydrogen-bond acceptors (Lipinski definition) is 4. The van der Waals surface area contributed by atoms with Crippen LogP contribution in [0.25, 0.3) is 10.9 Å². The lowest BCUT2D eigenvalue weighted by molar-refractivity contribution is -0.130. The molecule has 0 saturated heterocycles. The predicted octanol–water partition coefficient (Wildman–Crippen LogP) is 2.05. The van der Waals surface area contributed by atoms with Crippen molar-refractivity contribution in [3.05, 3.63) is 36.0 Å². The van der Waals surface area contributed by atoms with Crippen molar-refractivity contribution in [3.8, 4) is 0 Å². The van der Waals surface area contributed by atoms with Crippen LogP contribution in [-0.4, -0.2) is 40.7 Å². The lowest BCUT2D eigenvalue weighted by atomic mass is 9.95. The summed E-state index contributed by atoms with van der Waals surface area (Å²) in [6.45, 7) is 7.50. The molecule has 0 aliphatic rings. The maximum atomic E-state index is 12.9. The van der Waals surface area contributed by atoms with Crippen LogP contribution in [0.4, 0.5) is 0 Å². The molecule has 158 valence electrons. The third-order valence-electron chi connectivity index (χ3n) is 4.86. The van der Waals surface area contributed by atoms with Gasteiger partial charge in [-0.1, -0.05) is 45.9 Å². The maximum absolute atomic E-state index is 12.9. The zero-order valence-corrected chi connectivity index (χ0v) is 17.6. The molecule has 0 spiro atoms. The van der Waals surface area contributed by atoms with Crippen molar-refractivity contribution < 1.29 is 14.4 Å². The molecular formula is C22H32N4O3. The Morgan fingerprint density at radius 3 is 2.38 bits per heavy atom. The van der Waals surface area contributed by atoms with Crippen LogP contribution in [0.1, 0.15) is 46.1 Å². The lowest BCUT2D eigenvalue weighted by Gasteiger charge is -2.25. The summed E-state index contributed by atoms with van der Waals surface area (Å²) in [7, 11) is 0. The summed E-state index contributed by atoms with van der Waals surface area (Å²) in [6, 6.07) is 6.68. The summed E-state index contributed by atoms with van der Waals surface area (Å²) < 4.78 is 0. The summed E-state index contributed by atoms with van der Waals surface area (Å²) in [5.74, 6) is -0.991. The molecule has 2 rings (SSSR count). The Balaban J connectivity index is 2.21. The number of Topliss-reactive ketones (excluding diaryl/α,β-unsaturated/α-hetero) is 1. The van der Waals surface area contributed by atoms with Crippen LogP contribution in [0, 0.1) is 5.92 Å². The molecule has 7 nitrogen and oxygen atoms in total. The van der Waals surface area contributed by atoms with Gasteiger partial charge >= 0.3 is 0 Å². The number of aromatic amines is 1. The first-order valence-corrected chi connectivity index (χ1v) is 10.1. The number of fused-ring (bicyclic) bond motifs is 1. The zero-order valence-electron chi connectivity index (χ0n) is 17.6. The first-order valence-electron chi connectivity index (χ1n) is 10.1. The average Bonchev–Trinajstić information content (AvgIpc) is 3.06. The fourth-order valence-electron chi connectivity index (χ4n) is 3.40. The Kier molecular flexibility index (Phi) is 7.96. The molecule has 0 saturated carbocycles. The Bertz CT molecular complexity index is 857. The molecular weight excluding hydrogens is 368 g/mol. The Morgan fingerprint density at radius 1 is 1.07 bits per heavy atom. The number of hydrogen-bond donors (Lipinski definition) is 4. The smallest absolute Gasteiger partial charge is 0.237 e. The molecule has 1 aromatic carbocycles. The first kappa shape index (κ1) is 22.6. The van der Waals surface area contributed by atoms with Gasteiger partial charge in [0.05, 0.1) is 12.1 Å². The van der Waals surface area contributed by atoms with Crippen LogP contribution in [0.5, 0.6) is 0 Å². The highest BCUT2D eigenvalue weighted by Gasteiger charge is 2.28. The standard InChI is InChI=1S/C22H32N4O3/c1-13(2)21(28)19(11-15-12-24-17-8-6-5-7-16(15)17)26-22(29)18(25-14(3)4)9-10-20(23)27/h5-8,12-14,18-19,24-25H,9-11H2,1-4H3,(H2,23,27)(H,26,29)/t18-,19-/m0/s1. The molecule has 5 N–H and O–H groups in total. The maximum Gasteiger partial charge on any atom is 0.237 e. The number of aromatic nitrogens is 1. The van der Waals surface area contributed by atoms with Gasteiger partial charge in [0.2, 0.25) is 11.8 Å². The van der Waals surface area contributed by atoms with E-state index in [1.165, 1.54) is 0 Å². The molecule has 0 aliphatic carbocycles. The molecule has 0 fully saturated rings. The van der Waals surface area contributed by atoms with Crippen molar-refractivity contribution in [2.24, 2.45) is 11.7 Å². The second kappa shape index (κ2) is 10.2. The van der Waals surface area contributed by atoms with E-state index in [1.54, 1.807) is 0 Å². The Hall–Kier alpha value is -2.67. The van der Waals surface area contributed by atoms with Gasteiger partial charge in [0.1, 0.15) is 0 Å². The minimum atomic E-state index is -0.647. The molecule has 29 heavy (non-hydrogen) atoms. The van der Waals surface area contributed by atoms with Gasteiger partial charge in [0.25, 0.3) is 0 Å². The number of carbonyl (C=O) groups is 3. The molecule has 0 bridgehead atoms. The van der Waals surface area contributed by atoms with Crippen molar-refractivity contribution in [1.29, 1.82) is 0 Å². The molecule has 1 heterocycles.